The first kappa shape index (κ1) is 23.7. The molecule has 0 aliphatic carbocycles. The monoisotopic (exact) mass is 465 g/mol. The lowest BCUT2D eigenvalue weighted by molar-refractivity contribution is -0.117. The molecule has 0 aromatic heterocycles. The smallest absolute Gasteiger partial charge is 0.269 e. The van der Waals surface area contributed by atoms with Crippen LogP contribution in [0.5, 0.6) is 5.75 Å². The average molecular weight is 466 g/mol. The van der Waals surface area contributed by atoms with E-state index in [-0.39, 0.29) is 17.0 Å². The van der Waals surface area contributed by atoms with Crippen LogP contribution in [0.1, 0.15) is 21.5 Å². The summed E-state index contributed by atoms with van der Waals surface area (Å²) in [7, 11) is -2.28. The highest BCUT2D eigenvalue weighted by atomic mass is 32.2. The van der Waals surface area contributed by atoms with Crippen LogP contribution in [0.25, 0.3) is 6.08 Å². The molecule has 9 heteroatoms. The van der Waals surface area contributed by atoms with E-state index in [1.807, 2.05) is 18.2 Å². The highest BCUT2D eigenvalue weighted by Crippen LogP contribution is 2.14. The lowest BCUT2D eigenvalue weighted by Crippen LogP contribution is -2.40. The Morgan fingerprint density at radius 1 is 0.909 bits per heavy atom. The number of methoxy groups -OCH3 is 1. The lowest BCUT2D eigenvalue weighted by Gasteiger charge is -2.09. The Morgan fingerprint density at radius 3 is 2.42 bits per heavy atom. The second kappa shape index (κ2) is 11.1. The van der Waals surface area contributed by atoms with E-state index >= 15 is 0 Å². The summed E-state index contributed by atoms with van der Waals surface area (Å²) in [5, 5.41) is 0. The molecule has 33 heavy (non-hydrogen) atoms. The van der Waals surface area contributed by atoms with Crippen LogP contribution >= 0.6 is 0 Å². The fourth-order valence-electron chi connectivity index (χ4n) is 2.81. The van der Waals surface area contributed by atoms with Crippen molar-refractivity contribution in [1.82, 2.24) is 15.6 Å². The molecule has 0 bridgehead atoms. The van der Waals surface area contributed by atoms with E-state index in [0.717, 1.165) is 11.1 Å². The van der Waals surface area contributed by atoms with Crippen molar-refractivity contribution in [1.29, 1.82) is 0 Å². The Kier molecular flexibility index (Phi) is 7.96. The Balaban J connectivity index is 1.58. The number of rotatable bonds is 8. The van der Waals surface area contributed by atoms with Gasteiger partial charge in [0, 0.05) is 18.2 Å². The van der Waals surface area contributed by atoms with Gasteiger partial charge in [-0.3, -0.25) is 20.4 Å². The zero-order chi connectivity index (χ0) is 23.7. The standard InChI is InChI=1S/C24H23N3O5S/c1-32-21-11-5-9-18(15-21)13-14-23(28)26-27-24(29)20-10-6-12-22(16-20)33(30,31)25-17-19-7-3-2-4-8-19/h2-16,25H,17H2,1H3,(H,26,28)(H,27,29)/b14-13+. The van der Waals surface area contributed by atoms with E-state index in [1.54, 1.807) is 49.6 Å². The van der Waals surface area contributed by atoms with Crippen LogP contribution in [-0.2, 0) is 21.4 Å². The number of sulfonamides is 1. The fraction of sp³-hybridized carbons (Fsp3) is 0.0833. The minimum absolute atomic E-state index is 0.0599. The average Bonchev–Trinajstić information content (AvgIpc) is 2.85. The predicted molar refractivity (Wildman–Crippen MR) is 125 cm³/mol. The zero-order valence-corrected chi connectivity index (χ0v) is 18.6. The van der Waals surface area contributed by atoms with Crippen LogP contribution in [0, 0.1) is 0 Å². The third-order valence-corrected chi connectivity index (χ3v) is 5.93. The first-order valence-corrected chi connectivity index (χ1v) is 11.4. The van der Waals surface area contributed by atoms with Gasteiger partial charge in [-0.05, 0) is 47.5 Å². The molecular formula is C24H23N3O5S. The largest absolute Gasteiger partial charge is 0.497 e. The molecule has 0 saturated heterocycles. The van der Waals surface area contributed by atoms with Crippen LogP contribution < -0.4 is 20.3 Å². The molecule has 0 spiro atoms. The molecule has 8 nitrogen and oxygen atoms in total. The molecule has 170 valence electrons. The minimum atomic E-state index is -3.83. The highest BCUT2D eigenvalue weighted by molar-refractivity contribution is 7.89. The van der Waals surface area contributed by atoms with Gasteiger partial charge in [0.25, 0.3) is 11.8 Å². The van der Waals surface area contributed by atoms with Crippen molar-refractivity contribution in [3.8, 4) is 5.75 Å². The van der Waals surface area contributed by atoms with Crippen molar-refractivity contribution in [2.75, 3.05) is 7.11 Å². The third-order valence-electron chi connectivity index (χ3n) is 4.54. The van der Waals surface area contributed by atoms with Crippen molar-refractivity contribution < 1.29 is 22.7 Å². The van der Waals surface area contributed by atoms with E-state index in [4.69, 9.17) is 4.74 Å². The van der Waals surface area contributed by atoms with E-state index in [0.29, 0.717) is 5.75 Å². The molecule has 0 heterocycles. The molecule has 3 rings (SSSR count). The van der Waals surface area contributed by atoms with Gasteiger partial charge < -0.3 is 4.74 Å². The molecule has 3 N–H and O–H groups in total. The van der Waals surface area contributed by atoms with Gasteiger partial charge in [-0.2, -0.15) is 0 Å². The fourth-order valence-corrected chi connectivity index (χ4v) is 3.87. The molecular weight excluding hydrogens is 442 g/mol. The number of nitrogens with one attached hydrogen (secondary N) is 3. The van der Waals surface area contributed by atoms with Gasteiger partial charge in [0.2, 0.25) is 10.0 Å². The Morgan fingerprint density at radius 2 is 1.67 bits per heavy atom. The van der Waals surface area contributed by atoms with Crippen molar-refractivity contribution in [3.05, 3.63) is 102 Å². The van der Waals surface area contributed by atoms with Crippen LogP contribution in [0.15, 0.2) is 89.8 Å². The van der Waals surface area contributed by atoms with Crippen LogP contribution in [0.3, 0.4) is 0 Å². The molecule has 0 radical (unpaired) electrons. The first-order chi connectivity index (χ1) is 15.9. The number of ether oxygens (including phenoxy) is 1. The second-order valence-corrected chi connectivity index (χ2v) is 8.66. The van der Waals surface area contributed by atoms with Gasteiger partial charge in [-0.25, -0.2) is 13.1 Å². The van der Waals surface area contributed by atoms with E-state index in [1.165, 1.54) is 30.3 Å². The molecule has 3 aromatic rings. The summed E-state index contributed by atoms with van der Waals surface area (Å²) in [5.74, 6) is -0.559. The Bertz CT molecular complexity index is 1260. The molecule has 2 amide bonds. The normalized spacial score (nSPS) is 11.2. The van der Waals surface area contributed by atoms with Gasteiger partial charge in [0.15, 0.2) is 0 Å². The topological polar surface area (TPSA) is 114 Å². The summed E-state index contributed by atoms with van der Waals surface area (Å²) >= 11 is 0. The summed E-state index contributed by atoms with van der Waals surface area (Å²) in [5.41, 5.74) is 6.16. The summed E-state index contributed by atoms with van der Waals surface area (Å²) in [4.78, 5) is 24.3. The van der Waals surface area contributed by atoms with Gasteiger partial charge in [-0.1, -0.05) is 48.5 Å². The van der Waals surface area contributed by atoms with Crippen LogP contribution in [0.4, 0.5) is 0 Å². The zero-order valence-electron chi connectivity index (χ0n) is 17.8. The van der Waals surface area contributed by atoms with Crippen molar-refractivity contribution in [3.63, 3.8) is 0 Å². The van der Waals surface area contributed by atoms with Crippen molar-refractivity contribution in [2.45, 2.75) is 11.4 Å². The van der Waals surface area contributed by atoms with Crippen LogP contribution in [-0.4, -0.2) is 27.3 Å². The van der Waals surface area contributed by atoms with Gasteiger partial charge in [-0.15, -0.1) is 0 Å². The molecule has 3 aromatic carbocycles. The number of hydrogen-bond donors (Lipinski definition) is 3. The number of amides is 2. The number of carbonyl (C=O) groups is 2. The predicted octanol–water partition coefficient (Wildman–Crippen LogP) is 2.65. The quantitative estimate of drug-likeness (QED) is 0.350. The van der Waals surface area contributed by atoms with Crippen molar-refractivity contribution >= 4 is 27.9 Å². The van der Waals surface area contributed by atoms with Gasteiger partial charge >= 0.3 is 0 Å². The number of carbonyl (C=O) groups excluding carboxylic acids is 2. The highest BCUT2D eigenvalue weighted by Gasteiger charge is 2.16. The maximum absolute atomic E-state index is 12.6. The molecule has 0 atom stereocenters. The minimum Gasteiger partial charge on any atom is -0.497 e. The lowest BCUT2D eigenvalue weighted by atomic mass is 10.2. The van der Waals surface area contributed by atoms with Gasteiger partial charge in [0.05, 0.1) is 12.0 Å². The summed E-state index contributed by atoms with van der Waals surface area (Å²) in [6.45, 7) is 0.120. The summed E-state index contributed by atoms with van der Waals surface area (Å²) in [6, 6.07) is 21.7. The molecule has 0 fully saturated rings. The SMILES string of the molecule is COc1cccc(/C=C/C(=O)NNC(=O)c2cccc(S(=O)(=O)NCc3ccccc3)c2)c1. The third kappa shape index (κ3) is 7.03. The number of hydrazine groups is 1. The molecule has 0 unspecified atom stereocenters. The molecule has 0 aliphatic rings. The number of hydrogen-bond acceptors (Lipinski definition) is 5. The molecule has 0 aliphatic heterocycles. The first-order valence-electron chi connectivity index (χ1n) is 9.93. The van der Waals surface area contributed by atoms with Gasteiger partial charge in [0.1, 0.15) is 5.75 Å². The Labute approximate surface area is 192 Å². The second-order valence-electron chi connectivity index (χ2n) is 6.89. The van der Waals surface area contributed by atoms with Crippen molar-refractivity contribution in [2.24, 2.45) is 0 Å². The van der Waals surface area contributed by atoms with E-state index in [2.05, 4.69) is 15.6 Å². The van der Waals surface area contributed by atoms with Crippen LogP contribution in [0.2, 0.25) is 0 Å². The van der Waals surface area contributed by atoms with E-state index in [9.17, 15) is 18.0 Å². The molecule has 0 saturated carbocycles. The maximum Gasteiger partial charge on any atom is 0.269 e. The number of benzene rings is 3. The summed E-state index contributed by atoms with van der Waals surface area (Å²) in [6.07, 6.45) is 2.82. The Hall–Kier alpha value is -3.95. The van der Waals surface area contributed by atoms with E-state index < -0.39 is 21.8 Å². The maximum atomic E-state index is 12.6. The summed E-state index contributed by atoms with van der Waals surface area (Å²) < 4.78 is 32.8.